The lowest BCUT2D eigenvalue weighted by molar-refractivity contribution is -0.121. The van der Waals surface area contributed by atoms with Gasteiger partial charge in [-0.3, -0.25) is 4.79 Å². The molecule has 0 heterocycles. The zero-order chi connectivity index (χ0) is 14.9. The Kier molecular flexibility index (Phi) is 14.9. The van der Waals surface area contributed by atoms with E-state index in [0.29, 0.717) is 25.9 Å². The highest BCUT2D eigenvalue weighted by atomic mass is 16.1. The van der Waals surface area contributed by atoms with Gasteiger partial charge in [0.05, 0.1) is 0 Å². The lowest BCUT2D eigenvalue weighted by Gasteiger charge is -2.04. The fraction of sp³-hybridized carbons (Fsp3) is 0.933. The number of carbonyl (C=O) groups is 1. The Bertz CT molecular complexity index is 275. The van der Waals surface area contributed by atoms with Crippen LogP contribution in [0.2, 0.25) is 0 Å². The second-order valence-electron chi connectivity index (χ2n) is 5.24. The summed E-state index contributed by atoms with van der Waals surface area (Å²) in [5.41, 5.74) is 8.09. The smallest absolute Gasteiger partial charge is 0.219 e. The van der Waals surface area contributed by atoms with Gasteiger partial charge in [0.2, 0.25) is 5.91 Å². The fourth-order valence-corrected chi connectivity index (χ4v) is 2.11. The molecular formula is C15H30N4O. The molecule has 0 spiro atoms. The van der Waals surface area contributed by atoms with Crippen molar-refractivity contribution in [1.82, 2.24) is 5.32 Å². The van der Waals surface area contributed by atoms with E-state index < -0.39 is 0 Å². The van der Waals surface area contributed by atoms with Gasteiger partial charge in [0.25, 0.3) is 0 Å². The van der Waals surface area contributed by atoms with Crippen LogP contribution in [0.25, 0.3) is 10.4 Å². The van der Waals surface area contributed by atoms with Crippen LogP contribution in [0.1, 0.15) is 77.6 Å². The molecule has 0 saturated heterocycles. The van der Waals surface area contributed by atoms with Crippen molar-refractivity contribution in [3.8, 4) is 0 Å². The molecule has 0 rings (SSSR count). The number of hydrogen-bond donors (Lipinski definition) is 1. The normalized spacial score (nSPS) is 10.1. The lowest BCUT2D eigenvalue weighted by atomic mass is 10.1. The fourth-order valence-electron chi connectivity index (χ4n) is 2.11. The van der Waals surface area contributed by atoms with Gasteiger partial charge < -0.3 is 5.32 Å². The van der Waals surface area contributed by atoms with Crippen molar-refractivity contribution < 1.29 is 4.79 Å². The van der Waals surface area contributed by atoms with E-state index in [1.807, 2.05) is 0 Å². The minimum Gasteiger partial charge on any atom is -0.356 e. The summed E-state index contributed by atoms with van der Waals surface area (Å²) in [7, 11) is 0. The molecule has 0 unspecified atom stereocenters. The standard InChI is InChI=1S/C15H30N4O/c1-2-3-4-5-6-7-8-9-10-12-15(20)17-13-11-14-18-19-16/h2-14H2,1H3,(H,17,20). The molecule has 0 atom stereocenters. The van der Waals surface area contributed by atoms with Crippen LogP contribution in [0.4, 0.5) is 0 Å². The van der Waals surface area contributed by atoms with Crippen molar-refractivity contribution in [3.05, 3.63) is 10.4 Å². The molecule has 20 heavy (non-hydrogen) atoms. The highest BCUT2D eigenvalue weighted by Gasteiger charge is 2.00. The molecule has 0 radical (unpaired) electrons. The molecular weight excluding hydrogens is 252 g/mol. The summed E-state index contributed by atoms with van der Waals surface area (Å²) in [6.07, 6.45) is 12.8. The Morgan fingerprint density at radius 2 is 1.60 bits per heavy atom. The monoisotopic (exact) mass is 282 g/mol. The molecule has 0 saturated carbocycles. The summed E-state index contributed by atoms with van der Waals surface area (Å²) in [5, 5.41) is 6.26. The number of unbranched alkanes of at least 4 members (excludes halogenated alkanes) is 8. The van der Waals surface area contributed by atoms with Crippen LogP contribution in [-0.4, -0.2) is 19.0 Å². The Labute approximate surface area is 123 Å². The molecule has 1 N–H and O–H groups in total. The molecule has 5 nitrogen and oxygen atoms in total. The number of carbonyl (C=O) groups excluding carboxylic acids is 1. The number of nitrogens with zero attached hydrogens (tertiary/aromatic N) is 3. The van der Waals surface area contributed by atoms with Crippen molar-refractivity contribution in [2.24, 2.45) is 5.11 Å². The van der Waals surface area contributed by atoms with Gasteiger partial charge in [0, 0.05) is 24.4 Å². The number of rotatable bonds is 14. The van der Waals surface area contributed by atoms with E-state index >= 15 is 0 Å². The molecule has 1 amide bonds. The molecule has 0 aromatic carbocycles. The predicted octanol–water partition coefficient (Wildman–Crippen LogP) is 4.72. The molecule has 0 aliphatic carbocycles. The summed E-state index contributed by atoms with van der Waals surface area (Å²) in [6.45, 7) is 3.30. The Morgan fingerprint density at radius 1 is 1.00 bits per heavy atom. The first kappa shape index (κ1) is 18.8. The van der Waals surface area contributed by atoms with Crippen molar-refractivity contribution in [3.63, 3.8) is 0 Å². The van der Waals surface area contributed by atoms with Gasteiger partial charge in [-0.2, -0.15) is 0 Å². The second kappa shape index (κ2) is 15.8. The maximum atomic E-state index is 11.5. The van der Waals surface area contributed by atoms with E-state index in [0.717, 1.165) is 12.8 Å². The largest absolute Gasteiger partial charge is 0.356 e. The van der Waals surface area contributed by atoms with Gasteiger partial charge in [-0.1, -0.05) is 63.4 Å². The number of amides is 1. The van der Waals surface area contributed by atoms with Crippen LogP contribution in [0.5, 0.6) is 0 Å². The third kappa shape index (κ3) is 14.8. The average Bonchev–Trinajstić information content (AvgIpc) is 2.45. The topological polar surface area (TPSA) is 77.9 Å². The molecule has 0 aliphatic heterocycles. The summed E-state index contributed by atoms with van der Waals surface area (Å²) in [4.78, 5) is 14.1. The van der Waals surface area contributed by atoms with Crippen LogP contribution in [0.3, 0.4) is 0 Å². The lowest BCUT2D eigenvalue weighted by Crippen LogP contribution is -2.24. The van der Waals surface area contributed by atoms with E-state index in [4.69, 9.17) is 5.53 Å². The average molecular weight is 282 g/mol. The Morgan fingerprint density at radius 3 is 2.20 bits per heavy atom. The first-order chi connectivity index (χ1) is 9.81. The van der Waals surface area contributed by atoms with Gasteiger partial charge >= 0.3 is 0 Å². The minimum absolute atomic E-state index is 0.119. The molecule has 0 fully saturated rings. The molecule has 0 aromatic heterocycles. The quantitative estimate of drug-likeness (QED) is 0.213. The van der Waals surface area contributed by atoms with Crippen molar-refractivity contribution in [2.75, 3.05) is 13.1 Å². The third-order valence-electron chi connectivity index (χ3n) is 3.33. The Hall–Kier alpha value is -1.22. The number of nitrogens with one attached hydrogen (secondary N) is 1. The summed E-state index contributed by atoms with van der Waals surface area (Å²) in [5.74, 6) is 0.119. The van der Waals surface area contributed by atoms with Crippen LogP contribution in [0.15, 0.2) is 5.11 Å². The van der Waals surface area contributed by atoms with Gasteiger partial charge in [0.1, 0.15) is 0 Å². The van der Waals surface area contributed by atoms with Crippen molar-refractivity contribution >= 4 is 5.91 Å². The van der Waals surface area contributed by atoms with E-state index in [-0.39, 0.29) is 5.91 Å². The Balaban J connectivity index is 3.17. The van der Waals surface area contributed by atoms with Gasteiger partial charge in [-0.25, -0.2) is 0 Å². The first-order valence-corrected chi connectivity index (χ1v) is 8.08. The van der Waals surface area contributed by atoms with Crippen molar-refractivity contribution in [2.45, 2.75) is 77.6 Å². The predicted molar refractivity (Wildman–Crippen MR) is 83.5 cm³/mol. The van der Waals surface area contributed by atoms with Crippen LogP contribution >= 0.6 is 0 Å². The molecule has 0 bridgehead atoms. The first-order valence-electron chi connectivity index (χ1n) is 8.08. The van der Waals surface area contributed by atoms with Gasteiger partial charge in [0.15, 0.2) is 0 Å². The highest BCUT2D eigenvalue weighted by Crippen LogP contribution is 2.10. The van der Waals surface area contributed by atoms with E-state index in [2.05, 4.69) is 22.3 Å². The zero-order valence-corrected chi connectivity index (χ0v) is 12.9. The van der Waals surface area contributed by atoms with Gasteiger partial charge in [-0.15, -0.1) is 0 Å². The third-order valence-corrected chi connectivity index (χ3v) is 3.33. The molecule has 0 aromatic rings. The van der Waals surface area contributed by atoms with E-state index in [1.165, 1.54) is 44.9 Å². The maximum Gasteiger partial charge on any atom is 0.219 e. The zero-order valence-electron chi connectivity index (χ0n) is 12.9. The summed E-state index contributed by atoms with van der Waals surface area (Å²) < 4.78 is 0. The van der Waals surface area contributed by atoms with E-state index in [1.54, 1.807) is 0 Å². The van der Waals surface area contributed by atoms with Crippen LogP contribution < -0.4 is 5.32 Å². The molecule has 5 heteroatoms. The maximum absolute atomic E-state index is 11.5. The van der Waals surface area contributed by atoms with Crippen LogP contribution in [-0.2, 0) is 4.79 Å². The number of hydrogen-bond acceptors (Lipinski definition) is 2. The second-order valence-corrected chi connectivity index (χ2v) is 5.24. The SMILES string of the molecule is CCCCCCCCCCCC(=O)NCCCN=[N+]=[N-]. The molecule has 116 valence electrons. The van der Waals surface area contributed by atoms with Gasteiger partial charge in [-0.05, 0) is 18.4 Å². The van der Waals surface area contributed by atoms with Crippen LogP contribution in [0, 0.1) is 0 Å². The number of azide groups is 1. The summed E-state index contributed by atoms with van der Waals surface area (Å²) >= 11 is 0. The minimum atomic E-state index is 0.119. The summed E-state index contributed by atoms with van der Waals surface area (Å²) in [6, 6.07) is 0. The molecule has 0 aliphatic rings. The highest BCUT2D eigenvalue weighted by molar-refractivity contribution is 5.75. The van der Waals surface area contributed by atoms with Crippen molar-refractivity contribution in [1.29, 1.82) is 0 Å². The van der Waals surface area contributed by atoms with E-state index in [9.17, 15) is 4.79 Å².